The molecule has 2 aliphatic rings. The van der Waals surface area contributed by atoms with Crippen molar-refractivity contribution in [2.75, 3.05) is 25.1 Å². The lowest BCUT2D eigenvalue weighted by atomic mass is 9.97. The van der Waals surface area contributed by atoms with Gasteiger partial charge in [0.25, 0.3) is 0 Å². The van der Waals surface area contributed by atoms with Gasteiger partial charge >= 0.3 is 0 Å². The van der Waals surface area contributed by atoms with Crippen molar-refractivity contribution in [1.29, 1.82) is 0 Å². The SMILES string of the molecule is CCCNc1cccc(CC2CO2)c1CC1CO1. The molecule has 3 rings (SSSR count). The van der Waals surface area contributed by atoms with Crippen LogP contribution in [0, 0.1) is 0 Å². The number of rotatable bonds is 7. The fraction of sp³-hybridized carbons (Fsp3) is 0.600. The molecule has 2 saturated heterocycles. The zero-order valence-electron chi connectivity index (χ0n) is 10.9. The molecular formula is C15H21NO2. The molecule has 0 bridgehead atoms. The van der Waals surface area contributed by atoms with E-state index in [2.05, 4.69) is 30.4 Å². The van der Waals surface area contributed by atoms with E-state index in [1.807, 2.05) is 0 Å². The molecule has 0 aliphatic carbocycles. The molecule has 98 valence electrons. The molecule has 0 aromatic heterocycles. The predicted molar refractivity (Wildman–Crippen MR) is 72.1 cm³/mol. The van der Waals surface area contributed by atoms with Gasteiger partial charge in [-0.1, -0.05) is 19.1 Å². The fourth-order valence-corrected chi connectivity index (χ4v) is 2.34. The van der Waals surface area contributed by atoms with Crippen LogP contribution in [-0.2, 0) is 22.3 Å². The van der Waals surface area contributed by atoms with Gasteiger partial charge in [-0.2, -0.15) is 0 Å². The molecule has 3 nitrogen and oxygen atoms in total. The quantitative estimate of drug-likeness (QED) is 0.752. The molecule has 1 N–H and O–H groups in total. The van der Waals surface area contributed by atoms with Crippen molar-refractivity contribution >= 4 is 5.69 Å². The Hall–Kier alpha value is -1.06. The number of ether oxygens (including phenoxy) is 2. The molecule has 18 heavy (non-hydrogen) atoms. The van der Waals surface area contributed by atoms with Crippen molar-refractivity contribution < 1.29 is 9.47 Å². The molecule has 2 heterocycles. The van der Waals surface area contributed by atoms with Crippen LogP contribution in [0.5, 0.6) is 0 Å². The van der Waals surface area contributed by atoms with Gasteiger partial charge in [0.15, 0.2) is 0 Å². The molecule has 1 aromatic carbocycles. The highest BCUT2D eigenvalue weighted by atomic mass is 16.6. The summed E-state index contributed by atoms with van der Waals surface area (Å²) >= 11 is 0. The highest BCUT2D eigenvalue weighted by molar-refractivity contribution is 5.55. The first kappa shape index (κ1) is 12.0. The number of anilines is 1. The van der Waals surface area contributed by atoms with Crippen molar-refractivity contribution in [2.45, 2.75) is 38.4 Å². The summed E-state index contributed by atoms with van der Waals surface area (Å²) in [5.41, 5.74) is 4.14. The number of nitrogens with one attached hydrogen (secondary N) is 1. The second-order valence-electron chi connectivity index (χ2n) is 5.19. The Labute approximate surface area is 108 Å². The van der Waals surface area contributed by atoms with E-state index >= 15 is 0 Å². The highest BCUT2D eigenvalue weighted by Crippen LogP contribution is 2.29. The van der Waals surface area contributed by atoms with Crippen molar-refractivity contribution in [3.63, 3.8) is 0 Å². The van der Waals surface area contributed by atoms with Crippen LogP contribution in [0.2, 0.25) is 0 Å². The lowest BCUT2D eigenvalue weighted by Crippen LogP contribution is -2.09. The Morgan fingerprint density at radius 1 is 1.17 bits per heavy atom. The number of benzene rings is 1. The van der Waals surface area contributed by atoms with Crippen LogP contribution in [0.15, 0.2) is 18.2 Å². The topological polar surface area (TPSA) is 37.1 Å². The monoisotopic (exact) mass is 247 g/mol. The minimum absolute atomic E-state index is 0.438. The lowest BCUT2D eigenvalue weighted by molar-refractivity contribution is 0.402. The van der Waals surface area contributed by atoms with Crippen LogP contribution in [0.3, 0.4) is 0 Å². The molecule has 0 spiro atoms. The van der Waals surface area contributed by atoms with E-state index in [9.17, 15) is 0 Å². The molecule has 0 amide bonds. The second-order valence-corrected chi connectivity index (χ2v) is 5.19. The standard InChI is InChI=1S/C15H21NO2/c1-2-6-16-15-5-3-4-11(7-12-9-17-12)14(15)8-13-10-18-13/h3-5,12-13,16H,2,6-10H2,1H3. The van der Waals surface area contributed by atoms with Gasteiger partial charge in [0.2, 0.25) is 0 Å². The van der Waals surface area contributed by atoms with Crippen LogP contribution in [0.1, 0.15) is 24.5 Å². The van der Waals surface area contributed by atoms with E-state index in [-0.39, 0.29) is 0 Å². The molecule has 2 atom stereocenters. The van der Waals surface area contributed by atoms with Crippen molar-refractivity contribution in [3.05, 3.63) is 29.3 Å². The highest BCUT2D eigenvalue weighted by Gasteiger charge is 2.28. The molecule has 1 aromatic rings. The zero-order valence-corrected chi connectivity index (χ0v) is 10.9. The summed E-state index contributed by atoms with van der Waals surface area (Å²) < 4.78 is 10.7. The summed E-state index contributed by atoms with van der Waals surface area (Å²) in [4.78, 5) is 0. The molecular weight excluding hydrogens is 226 g/mol. The first-order chi connectivity index (χ1) is 8.86. The van der Waals surface area contributed by atoms with Crippen molar-refractivity contribution in [2.24, 2.45) is 0 Å². The average Bonchev–Trinajstić information content (AvgIpc) is 3.23. The van der Waals surface area contributed by atoms with Gasteiger partial charge in [0.05, 0.1) is 25.4 Å². The first-order valence-electron chi connectivity index (χ1n) is 6.94. The van der Waals surface area contributed by atoms with Gasteiger partial charge < -0.3 is 14.8 Å². The molecule has 2 unspecified atom stereocenters. The Morgan fingerprint density at radius 3 is 2.56 bits per heavy atom. The van der Waals surface area contributed by atoms with Gasteiger partial charge in [-0.05, 0) is 23.6 Å². The molecule has 0 saturated carbocycles. The number of hydrogen-bond donors (Lipinski definition) is 1. The average molecular weight is 247 g/mol. The van der Waals surface area contributed by atoms with Crippen LogP contribution >= 0.6 is 0 Å². The summed E-state index contributed by atoms with van der Waals surface area (Å²) in [5.74, 6) is 0. The van der Waals surface area contributed by atoms with E-state index in [0.717, 1.165) is 39.0 Å². The Kier molecular flexibility index (Phi) is 3.52. The van der Waals surface area contributed by atoms with Gasteiger partial charge in [-0.3, -0.25) is 0 Å². The predicted octanol–water partition coefficient (Wildman–Crippen LogP) is 2.39. The van der Waals surface area contributed by atoms with Crippen molar-refractivity contribution in [1.82, 2.24) is 0 Å². The normalized spacial score (nSPS) is 24.9. The minimum atomic E-state index is 0.438. The summed E-state index contributed by atoms with van der Waals surface area (Å²) in [6.45, 7) is 5.06. The van der Waals surface area contributed by atoms with Gasteiger partial charge in [0.1, 0.15) is 0 Å². The van der Waals surface area contributed by atoms with E-state index < -0.39 is 0 Å². The Bertz CT molecular complexity index is 411. The van der Waals surface area contributed by atoms with Crippen LogP contribution < -0.4 is 5.32 Å². The third-order valence-electron chi connectivity index (χ3n) is 3.52. The fourth-order valence-electron chi connectivity index (χ4n) is 2.34. The van der Waals surface area contributed by atoms with Gasteiger partial charge in [-0.25, -0.2) is 0 Å². The van der Waals surface area contributed by atoms with Gasteiger partial charge in [-0.15, -0.1) is 0 Å². The van der Waals surface area contributed by atoms with Crippen LogP contribution in [-0.4, -0.2) is 32.0 Å². The largest absolute Gasteiger partial charge is 0.385 e. The van der Waals surface area contributed by atoms with E-state index in [0.29, 0.717) is 12.2 Å². The van der Waals surface area contributed by atoms with Gasteiger partial charge in [0, 0.05) is 25.1 Å². The zero-order chi connectivity index (χ0) is 12.4. The minimum Gasteiger partial charge on any atom is -0.385 e. The van der Waals surface area contributed by atoms with Crippen molar-refractivity contribution in [3.8, 4) is 0 Å². The maximum atomic E-state index is 5.39. The Balaban J connectivity index is 1.80. The van der Waals surface area contributed by atoms with E-state index in [1.165, 1.54) is 16.8 Å². The molecule has 0 radical (unpaired) electrons. The maximum absolute atomic E-state index is 5.39. The molecule has 3 heteroatoms. The molecule has 2 aliphatic heterocycles. The summed E-state index contributed by atoms with van der Waals surface area (Å²) in [6, 6.07) is 6.56. The summed E-state index contributed by atoms with van der Waals surface area (Å²) in [5, 5.41) is 3.53. The van der Waals surface area contributed by atoms with E-state index in [1.54, 1.807) is 0 Å². The number of hydrogen-bond acceptors (Lipinski definition) is 3. The first-order valence-corrected chi connectivity index (χ1v) is 6.94. The Morgan fingerprint density at radius 2 is 1.89 bits per heavy atom. The third-order valence-corrected chi connectivity index (χ3v) is 3.52. The summed E-state index contributed by atoms with van der Waals surface area (Å²) in [6.07, 6.45) is 4.12. The lowest BCUT2D eigenvalue weighted by Gasteiger charge is -2.15. The third kappa shape index (κ3) is 3.03. The second kappa shape index (κ2) is 5.29. The molecule has 2 fully saturated rings. The smallest absolute Gasteiger partial charge is 0.0851 e. The van der Waals surface area contributed by atoms with E-state index in [4.69, 9.17) is 9.47 Å². The maximum Gasteiger partial charge on any atom is 0.0851 e. The number of epoxide rings is 2. The van der Waals surface area contributed by atoms with Crippen LogP contribution in [0.25, 0.3) is 0 Å². The summed E-state index contributed by atoms with van der Waals surface area (Å²) in [7, 11) is 0. The van der Waals surface area contributed by atoms with Crippen LogP contribution in [0.4, 0.5) is 5.69 Å².